The smallest absolute Gasteiger partial charge is 0.224 e. The highest BCUT2D eigenvalue weighted by atomic mass is 16.1. The van der Waals surface area contributed by atoms with Crippen LogP contribution in [0.3, 0.4) is 0 Å². The molecule has 0 unspecified atom stereocenters. The molecule has 1 amide bonds. The molecule has 0 atom stereocenters. The molecule has 3 rings (SSSR count). The van der Waals surface area contributed by atoms with Crippen LogP contribution in [-0.4, -0.2) is 23.0 Å². The first-order valence-corrected chi connectivity index (χ1v) is 7.32. The largest absolute Gasteiger partial charge is 0.361 e. The Balaban J connectivity index is 1.61. The molecule has 20 heavy (non-hydrogen) atoms. The molecule has 1 fully saturated rings. The highest BCUT2D eigenvalue weighted by molar-refractivity contribution is 5.88. The summed E-state index contributed by atoms with van der Waals surface area (Å²) in [7, 11) is 0. The SMILES string of the molecule is N[C@H]1CC[C@H](NC(=O)Cc2c[nH]c3ccccc23)CC1. The van der Waals surface area contributed by atoms with Gasteiger partial charge in [-0.1, -0.05) is 18.2 Å². The van der Waals surface area contributed by atoms with E-state index in [-0.39, 0.29) is 5.91 Å². The fourth-order valence-electron chi connectivity index (χ4n) is 2.99. The second-order valence-corrected chi connectivity index (χ2v) is 5.72. The number of carbonyl (C=O) groups is 1. The van der Waals surface area contributed by atoms with Crippen molar-refractivity contribution in [1.29, 1.82) is 0 Å². The van der Waals surface area contributed by atoms with Gasteiger partial charge < -0.3 is 16.0 Å². The molecular formula is C16H21N3O. The predicted octanol–water partition coefficient (Wildman–Crippen LogP) is 2.10. The molecule has 1 heterocycles. The van der Waals surface area contributed by atoms with Crippen LogP contribution in [0.4, 0.5) is 0 Å². The summed E-state index contributed by atoms with van der Waals surface area (Å²) in [5.74, 6) is 0.107. The van der Waals surface area contributed by atoms with Crippen molar-refractivity contribution in [3.63, 3.8) is 0 Å². The van der Waals surface area contributed by atoms with E-state index in [9.17, 15) is 4.79 Å². The van der Waals surface area contributed by atoms with Crippen LogP contribution in [0.1, 0.15) is 31.2 Å². The van der Waals surface area contributed by atoms with Crippen molar-refractivity contribution in [3.05, 3.63) is 36.0 Å². The fraction of sp³-hybridized carbons (Fsp3) is 0.438. The molecule has 0 aliphatic heterocycles. The predicted molar refractivity (Wildman–Crippen MR) is 80.4 cm³/mol. The number of amides is 1. The lowest BCUT2D eigenvalue weighted by Gasteiger charge is -2.26. The Bertz CT molecular complexity index is 597. The van der Waals surface area contributed by atoms with Crippen LogP contribution < -0.4 is 11.1 Å². The second-order valence-electron chi connectivity index (χ2n) is 5.72. The van der Waals surface area contributed by atoms with Gasteiger partial charge in [-0.15, -0.1) is 0 Å². The molecule has 4 heteroatoms. The number of nitrogens with two attached hydrogens (primary N) is 1. The third-order valence-corrected chi connectivity index (χ3v) is 4.16. The van der Waals surface area contributed by atoms with Crippen LogP contribution in [0, 0.1) is 0 Å². The monoisotopic (exact) mass is 271 g/mol. The molecule has 0 spiro atoms. The number of para-hydroxylation sites is 1. The van der Waals surface area contributed by atoms with Crippen molar-refractivity contribution in [2.24, 2.45) is 5.73 Å². The highest BCUT2D eigenvalue weighted by Gasteiger charge is 2.20. The minimum absolute atomic E-state index is 0.107. The molecule has 106 valence electrons. The van der Waals surface area contributed by atoms with Crippen molar-refractivity contribution in [2.75, 3.05) is 0 Å². The van der Waals surface area contributed by atoms with Crippen LogP contribution in [0.15, 0.2) is 30.5 Å². The quantitative estimate of drug-likeness (QED) is 0.800. The van der Waals surface area contributed by atoms with E-state index >= 15 is 0 Å². The molecule has 1 saturated carbocycles. The van der Waals surface area contributed by atoms with Crippen molar-refractivity contribution < 1.29 is 4.79 Å². The zero-order valence-corrected chi connectivity index (χ0v) is 11.6. The molecular weight excluding hydrogens is 250 g/mol. The highest BCUT2D eigenvalue weighted by Crippen LogP contribution is 2.19. The van der Waals surface area contributed by atoms with Crippen molar-refractivity contribution in [2.45, 2.75) is 44.2 Å². The van der Waals surface area contributed by atoms with Crippen molar-refractivity contribution >= 4 is 16.8 Å². The van der Waals surface area contributed by atoms with E-state index in [2.05, 4.69) is 10.3 Å². The van der Waals surface area contributed by atoms with E-state index in [0.717, 1.165) is 42.1 Å². The molecule has 1 aliphatic rings. The van der Waals surface area contributed by atoms with Crippen molar-refractivity contribution in [1.82, 2.24) is 10.3 Å². The van der Waals surface area contributed by atoms with Crippen LogP contribution in [-0.2, 0) is 11.2 Å². The number of aromatic nitrogens is 1. The average Bonchev–Trinajstić information content (AvgIpc) is 2.85. The van der Waals surface area contributed by atoms with E-state index in [1.807, 2.05) is 30.5 Å². The molecule has 4 N–H and O–H groups in total. The Labute approximate surface area is 118 Å². The summed E-state index contributed by atoms with van der Waals surface area (Å²) in [6, 6.07) is 8.69. The van der Waals surface area contributed by atoms with Crippen LogP contribution in [0.2, 0.25) is 0 Å². The fourth-order valence-corrected chi connectivity index (χ4v) is 2.99. The number of rotatable bonds is 3. The molecule has 0 radical (unpaired) electrons. The van der Waals surface area contributed by atoms with Gasteiger partial charge in [0.15, 0.2) is 0 Å². The average molecular weight is 271 g/mol. The topological polar surface area (TPSA) is 70.9 Å². The van der Waals surface area contributed by atoms with Gasteiger partial charge in [0.05, 0.1) is 6.42 Å². The number of H-pyrrole nitrogens is 1. The third kappa shape index (κ3) is 2.85. The molecule has 1 aromatic heterocycles. The summed E-state index contributed by atoms with van der Waals surface area (Å²) in [4.78, 5) is 15.4. The lowest BCUT2D eigenvalue weighted by molar-refractivity contribution is -0.121. The van der Waals surface area contributed by atoms with Gasteiger partial charge in [-0.25, -0.2) is 0 Å². The second kappa shape index (κ2) is 5.67. The minimum Gasteiger partial charge on any atom is -0.361 e. The summed E-state index contributed by atoms with van der Waals surface area (Å²) in [6.07, 6.45) is 6.39. The number of nitrogens with one attached hydrogen (secondary N) is 2. The first-order chi connectivity index (χ1) is 9.72. The number of hydrogen-bond donors (Lipinski definition) is 3. The van der Waals surface area contributed by atoms with E-state index in [1.54, 1.807) is 0 Å². The first-order valence-electron chi connectivity index (χ1n) is 7.32. The maximum atomic E-state index is 12.1. The summed E-state index contributed by atoms with van der Waals surface area (Å²) >= 11 is 0. The number of carbonyl (C=O) groups excluding carboxylic acids is 1. The number of fused-ring (bicyclic) bond motifs is 1. The van der Waals surface area contributed by atoms with E-state index in [4.69, 9.17) is 5.73 Å². The van der Waals surface area contributed by atoms with Crippen LogP contribution >= 0.6 is 0 Å². The van der Waals surface area contributed by atoms with Gasteiger partial charge in [0.1, 0.15) is 0 Å². The number of aromatic amines is 1. The number of benzene rings is 1. The molecule has 2 aromatic rings. The summed E-state index contributed by atoms with van der Waals surface area (Å²) in [5, 5.41) is 4.27. The summed E-state index contributed by atoms with van der Waals surface area (Å²) in [6.45, 7) is 0. The maximum Gasteiger partial charge on any atom is 0.224 e. The van der Waals surface area contributed by atoms with Gasteiger partial charge in [0.2, 0.25) is 5.91 Å². The summed E-state index contributed by atoms with van der Waals surface area (Å²) < 4.78 is 0. The molecule has 1 aromatic carbocycles. The van der Waals surface area contributed by atoms with Gasteiger partial charge in [-0.3, -0.25) is 4.79 Å². The summed E-state index contributed by atoms with van der Waals surface area (Å²) in [5.41, 5.74) is 8.03. The van der Waals surface area contributed by atoms with Gasteiger partial charge in [0.25, 0.3) is 0 Å². The lowest BCUT2D eigenvalue weighted by Crippen LogP contribution is -2.41. The van der Waals surface area contributed by atoms with Gasteiger partial charge in [-0.05, 0) is 37.3 Å². The zero-order chi connectivity index (χ0) is 13.9. The van der Waals surface area contributed by atoms with Crippen LogP contribution in [0.25, 0.3) is 10.9 Å². The van der Waals surface area contributed by atoms with Gasteiger partial charge in [-0.2, -0.15) is 0 Å². The maximum absolute atomic E-state index is 12.1. The normalized spacial score (nSPS) is 22.9. The molecule has 0 saturated heterocycles. The first kappa shape index (κ1) is 13.2. The van der Waals surface area contributed by atoms with Gasteiger partial charge >= 0.3 is 0 Å². The van der Waals surface area contributed by atoms with Crippen molar-refractivity contribution in [3.8, 4) is 0 Å². The van der Waals surface area contributed by atoms with E-state index < -0.39 is 0 Å². The minimum atomic E-state index is 0.107. The number of hydrogen-bond acceptors (Lipinski definition) is 2. The Kier molecular flexibility index (Phi) is 3.74. The Morgan fingerprint density at radius 3 is 2.80 bits per heavy atom. The molecule has 4 nitrogen and oxygen atoms in total. The molecule has 0 bridgehead atoms. The molecule has 1 aliphatic carbocycles. The Hall–Kier alpha value is -1.81. The Morgan fingerprint density at radius 2 is 2.00 bits per heavy atom. The van der Waals surface area contributed by atoms with Gasteiger partial charge in [0, 0.05) is 29.2 Å². The zero-order valence-electron chi connectivity index (χ0n) is 11.6. The van der Waals surface area contributed by atoms with E-state index in [1.165, 1.54) is 0 Å². The third-order valence-electron chi connectivity index (χ3n) is 4.16. The Morgan fingerprint density at radius 1 is 1.25 bits per heavy atom. The van der Waals surface area contributed by atoms with Crippen LogP contribution in [0.5, 0.6) is 0 Å². The standard InChI is InChI=1S/C16H21N3O/c17-12-5-7-13(8-6-12)19-16(20)9-11-10-18-15-4-2-1-3-14(11)15/h1-4,10,12-13,18H,5-9,17H2,(H,19,20)/t12-,13-. The lowest BCUT2D eigenvalue weighted by atomic mass is 9.91. The van der Waals surface area contributed by atoms with E-state index in [0.29, 0.717) is 18.5 Å².